The highest BCUT2D eigenvalue weighted by Gasteiger charge is 2.18. The zero-order valence-electron chi connectivity index (χ0n) is 11.6. The molecule has 1 aromatic rings. The van der Waals surface area contributed by atoms with E-state index in [4.69, 9.17) is 10.5 Å². The second-order valence-electron chi connectivity index (χ2n) is 5.28. The third-order valence-electron chi connectivity index (χ3n) is 3.60. The summed E-state index contributed by atoms with van der Waals surface area (Å²) in [6.45, 7) is 5.97. The fourth-order valence-corrected chi connectivity index (χ4v) is 2.72. The Kier molecular flexibility index (Phi) is 4.78. The van der Waals surface area contributed by atoms with E-state index in [1.807, 2.05) is 6.92 Å². The van der Waals surface area contributed by atoms with Crippen molar-refractivity contribution in [3.05, 3.63) is 17.5 Å². The summed E-state index contributed by atoms with van der Waals surface area (Å²) in [5.74, 6) is 0. The predicted octanol–water partition coefficient (Wildman–Crippen LogP) is 2.04. The Balaban J connectivity index is 1.87. The van der Waals surface area contributed by atoms with Crippen LogP contribution < -0.4 is 5.73 Å². The topological polar surface area (TPSA) is 53.1 Å². The Morgan fingerprint density at radius 3 is 3.06 bits per heavy atom. The van der Waals surface area contributed by atoms with Gasteiger partial charge in [0.25, 0.3) is 0 Å². The van der Waals surface area contributed by atoms with Crippen LogP contribution in [0, 0.1) is 6.92 Å². The molecule has 1 aromatic heterocycles. The number of rotatable bonds is 5. The fraction of sp³-hybridized carbons (Fsp3) is 0.786. The third-order valence-corrected chi connectivity index (χ3v) is 3.60. The maximum absolute atomic E-state index is 6.25. The van der Waals surface area contributed by atoms with Crippen molar-refractivity contribution in [2.24, 2.45) is 5.73 Å². The minimum atomic E-state index is 0.175. The van der Waals surface area contributed by atoms with Crippen molar-refractivity contribution >= 4 is 0 Å². The molecule has 0 radical (unpaired) electrons. The van der Waals surface area contributed by atoms with Crippen molar-refractivity contribution < 1.29 is 4.74 Å². The fourth-order valence-electron chi connectivity index (χ4n) is 2.72. The van der Waals surface area contributed by atoms with Gasteiger partial charge in [0.2, 0.25) is 0 Å². The van der Waals surface area contributed by atoms with Crippen LogP contribution in [0.2, 0.25) is 0 Å². The van der Waals surface area contributed by atoms with Gasteiger partial charge < -0.3 is 10.5 Å². The SMILES string of the molecule is CCn1nc(C)cc1CC(N)CC1CCCCO1. The van der Waals surface area contributed by atoms with Gasteiger partial charge in [-0.2, -0.15) is 5.10 Å². The minimum absolute atomic E-state index is 0.175. The van der Waals surface area contributed by atoms with Crippen LogP contribution in [0.3, 0.4) is 0 Å². The van der Waals surface area contributed by atoms with Crippen molar-refractivity contribution in [1.29, 1.82) is 0 Å². The normalized spacial score (nSPS) is 22.1. The van der Waals surface area contributed by atoms with Gasteiger partial charge in [0.15, 0.2) is 0 Å². The highest BCUT2D eigenvalue weighted by Crippen LogP contribution is 2.18. The van der Waals surface area contributed by atoms with Gasteiger partial charge in [0.05, 0.1) is 11.8 Å². The molecule has 2 N–H and O–H groups in total. The van der Waals surface area contributed by atoms with Crippen molar-refractivity contribution in [1.82, 2.24) is 9.78 Å². The first-order chi connectivity index (χ1) is 8.69. The van der Waals surface area contributed by atoms with Crippen LogP contribution in [-0.2, 0) is 17.7 Å². The number of aromatic nitrogens is 2. The molecular weight excluding hydrogens is 226 g/mol. The molecule has 4 heteroatoms. The van der Waals surface area contributed by atoms with Gasteiger partial charge in [-0.25, -0.2) is 0 Å². The third kappa shape index (κ3) is 3.56. The number of nitrogens with two attached hydrogens (primary N) is 1. The number of hydrogen-bond acceptors (Lipinski definition) is 3. The number of hydrogen-bond donors (Lipinski definition) is 1. The molecular formula is C14H25N3O. The molecule has 2 unspecified atom stereocenters. The van der Waals surface area contributed by atoms with Crippen LogP contribution in [0.1, 0.15) is 44.0 Å². The molecule has 2 heterocycles. The van der Waals surface area contributed by atoms with Crippen molar-refractivity contribution in [3.8, 4) is 0 Å². The summed E-state index contributed by atoms with van der Waals surface area (Å²) in [6.07, 6.45) is 5.88. The van der Waals surface area contributed by atoms with Gasteiger partial charge in [0.1, 0.15) is 0 Å². The van der Waals surface area contributed by atoms with Gasteiger partial charge >= 0.3 is 0 Å². The van der Waals surface area contributed by atoms with E-state index in [9.17, 15) is 0 Å². The first-order valence-corrected chi connectivity index (χ1v) is 7.09. The van der Waals surface area contributed by atoms with E-state index < -0.39 is 0 Å². The number of ether oxygens (including phenoxy) is 1. The van der Waals surface area contributed by atoms with Crippen LogP contribution in [0.4, 0.5) is 0 Å². The smallest absolute Gasteiger partial charge is 0.0596 e. The summed E-state index contributed by atoms with van der Waals surface area (Å²) in [7, 11) is 0. The lowest BCUT2D eigenvalue weighted by atomic mass is 9.99. The van der Waals surface area contributed by atoms with E-state index in [0.29, 0.717) is 6.10 Å². The second-order valence-corrected chi connectivity index (χ2v) is 5.28. The predicted molar refractivity (Wildman–Crippen MR) is 72.5 cm³/mol. The standard InChI is InChI=1S/C14H25N3O/c1-3-17-13(8-11(2)16-17)9-12(15)10-14-6-4-5-7-18-14/h8,12,14H,3-7,9-10,15H2,1-2H3. The van der Waals surface area contributed by atoms with E-state index in [0.717, 1.165) is 31.7 Å². The lowest BCUT2D eigenvalue weighted by Gasteiger charge is -2.25. The molecule has 0 amide bonds. The van der Waals surface area contributed by atoms with Crippen molar-refractivity contribution in [3.63, 3.8) is 0 Å². The second kappa shape index (κ2) is 6.34. The van der Waals surface area contributed by atoms with Crippen LogP contribution in [0.25, 0.3) is 0 Å². The maximum atomic E-state index is 6.25. The Hall–Kier alpha value is -0.870. The molecule has 0 aliphatic carbocycles. The van der Waals surface area contributed by atoms with Crippen LogP contribution in [0.15, 0.2) is 6.07 Å². The lowest BCUT2D eigenvalue weighted by Crippen LogP contribution is -2.32. The molecule has 1 saturated heterocycles. The highest BCUT2D eigenvalue weighted by molar-refractivity contribution is 5.10. The molecule has 102 valence electrons. The molecule has 2 atom stereocenters. The number of nitrogens with zero attached hydrogens (tertiary/aromatic N) is 2. The van der Waals surface area contributed by atoms with E-state index in [1.165, 1.54) is 25.0 Å². The summed E-state index contributed by atoms with van der Waals surface area (Å²) in [4.78, 5) is 0. The molecule has 0 aromatic carbocycles. The molecule has 1 aliphatic heterocycles. The van der Waals surface area contributed by atoms with Crippen LogP contribution in [-0.4, -0.2) is 28.5 Å². The zero-order valence-corrected chi connectivity index (χ0v) is 11.6. The monoisotopic (exact) mass is 251 g/mol. The van der Waals surface area contributed by atoms with Crippen molar-refractivity contribution in [2.45, 2.75) is 64.6 Å². The highest BCUT2D eigenvalue weighted by atomic mass is 16.5. The van der Waals surface area contributed by atoms with E-state index in [2.05, 4.69) is 22.8 Å². The first-order valence-electron chi connectivity index (χ1n) is 7.09. The Bertz CT molecular complexity index is 369. The molecule has 0 spiro atoms. The number of aryl methyl sites for hydroxylation is 2. The first kappa shape index (κ1) is 13.6. The van der Waals surface area contributed by atoms with Crippen molar-refractivity contribution in [2.75, 3.05) is 6.61 Å². The van der Waals surface area contributed by atoms with E-state index in [-0.39, 0.29) is 6.04 Å². The molecule has 0 bridgehead atoms. The lowest BCUT2D eigenvalue weighted by molar-refractivity contribution is 0.00738. The average molecular weight is 251 g/mol. The van der Waals surface area contributed by atoms with Gasteiger partial charge in [-0.15, -0.1) is 0 Å². The summed E-state index contributed by atoms with van der Waals surface area (Å²) < 4.78 is 7.80. The molecule has 4 nitrogen and oxygen atoms in total. The molecule has 1 fully saturated rings. The van der Waals surface area contributed by atoms with Gasteiger partial charge in [-0.05, 0) is 45.6 Å². The van der Waals surface area contributed by atoms with Gasteiger partial charge in [0, 0.05) is 31.3 Å². The van der Waals surface area contributed by atoms with Gasteiger partial charge in [-0.3, -0.25) is 4.68 Å². The molecule has 18 heavy (non-hydrogen) atoms. The summed E-state index contributed by atoms with van der Waals surface area (Å²) >= 11 is 0. The Labute approximate surface area is 110 Å². The van der Waals surface area contributed by atoms with E-state index >= 15 is 0 Å². The Morgan fingerprint density at radius 2 is 2.39 bits per heavy atom. The molecule has 1 aliphatic rings. The van der Waals surface area contributed by atoms with Crippen LogP contribution >= 0.6 is 0 Å². The summed E-state index contributed by atoms with van der Waals surface area (Å²) in [5.41, 5.74) is 8.57. The minimum Gasteiger partial charge on any atom is -0.378 e. The Morgan fingerprint density at radius 1 is 1.56 bits per heavy atom. The molecule has 2 rings (SSSR count). The largest absolute Gasteiger partial charge is 0.378 e. The average Bonchev–Trinajstić information content (AvgIpc) is 2.70. The molecule has 0 saturated carbocycles. The summed E-state index contributed by atoms with van der Waals surface area (Å²) in [5, 5.41) is 4.46. The quantitative estimate of drug-likeness (QED) is 0.871. The van der Waals surface area contributed by atoms with Gasteiger partial charge in [-0.1, -0.05) is 0 Å². The zero-order chi connectivity index (χ0) is 13.0. The van der Waals surface area contributed by atoms with Crippen LogP contribution in [0.5, 0.6) is 0 Å². The van der Waals surface area contributed by atoms with E-state index in [1.54, 1.807) is 0 Å². The summed E-state index contributed by atoms with van der Waals surface area (Å²) in [6, 6.07) is 2.32. The maximum Gasteiger partial charge on any atom is 0.0596 e.